The van der Waals surface area contributed by atoms with E-state index in [2.05, 4.69) is 20.7 Å². The molecule has 0 saturated carbocycles. The molecule has 12 nitrogen and oxygen atoms in total. The first-order valence-electron chi connectivity index (χ1n) is 11.9. The van der Waals surface area contributed by atoms with Crippen molar-refractivity contribution in [2.75, 3.05) is 27.1 Å². The maximum absolute atomic E-state index is 12.6. The average Bonchev–Trinajstić information content (AvgIpc) is 3.42. The van der Waals surface area contributed by atoms with E-state index in [4.69, 9.17) is 14.2 Å². The van der Waals surface area contributed by atoms with Crippen LogP contribution < -0.4 is 19.6 Å². The highest BCUT2D eigenvalue weighted by molar-refractivity contribution is 7.99. The quantitative estimate of drug-likeness (QED) is 0.121. The van der Waals surface area contributed by atoms with Crippen LogP contribution in [0.1, 0.15) is 12.5 Å². The van der Waals surface area contributed by atoms with Crippen LogP contribution in [0.3, 0.4) is 0 Å². The second kappa shape index (κ2) is 12.8. The Morgan fingerprint density at radius 1 is 1.00 bits per heavy atom. The van der Waals surface area contributed by atoms with E-state index in [0.717, 1.165) is 5.69 Å². The lowest BCUT2D eigenvalue weighted by molar-refractivity contribution is -0.384. The molecule has 0 aliphatic carbocycles. The molecule has 40 heavy (non-hydrogen) atoms. The molecule has 0 atom stereocenters. The van der Waals surface area contributed by atoms with Crippen LogP contribution in [-0.2, 0) is 4.79 Å². The van der Waals surface area contributed by atoms with Crippen LogP contribution in [0.4, 0.5) is 5.69 Å². The molecule has 0 radical (unpaired) electrons. The summed E-state index contributed by atoms with van der Waals surface area (Å²) in [5, 5.41) is 24.4. The minimum Gasteiger partial charge on any atom is -0.493 e. The lowest BCUT2D eigenvalue weighted by Gasteiger charge is -2.15. The normalized spacial score (nSPS) is 11.2. The summed E-state index contributed by atoms with van der Waals surface area (Å²) in [6.07, 6.45) is 0. The molecule has 4 rings (SSSR count). The Labute approximate surface area is 234 Å². The number of hydrogen-bond donors (Lipinski definition) is 1. The summed E-state index contributed by atoms with van der Waals surface area (Å²) in [5.74, 6) is 1.49. The number of benzene rings is 3. The fourth-order valence-corrected chi connectivity index (χ4v) is 4.53. The van der Waals surface area contributed by atoms with Crippen LogP contribution in [0.15, 0.2) is 77.0 Å². The van der Waals surface area contributed by atoms with Gasteiger partial charge in [-0.3, -0.25) is 19.5 Å². The van der Waals surface area contributed by atoms with Crippen molar-refractivity contribution in [3.05, 3.63) is 82.4 Å². The van der Waals surface area contributed by atoms with Crippen molar-refractivity contribution < 1.29 is 23.9 Å². The van der Waals surface area contributed by atoms with E-state index in [1.165, 1.54) is 45.2 Å². The van der Waals surface area contributed by atoms with Gasteiger partial charge in [0.05, 0.1) is 37.7 Å². The predicted octanol–water partition coefficient (Wildman–Crippen LogP) is 4.50. The molecule has 1 aromatic heterocycles. The van der Waals surface area contributed by atoms with E-state index in [1.807, 2.05) is 34.9 Å². The minimum absolute atomic E-state index is 0.00800. The Bertz CT molecular complexity index is 1530. The van der Waals surface area contributed by atoms with E-state index < -0.39 is 4.92 Å². The first kappa shape index (κ1) is 28.1. The van der Waals surface area contributed by atoms with Crippen LogP contribution in [-0.4, -0.2) is 58.4 Å². The van der Waals surface area contributed by atoms with Crippen molar-refractivity contribution >= 4 is 29.1 Å². The van der Waals surface area contributed by atoms with E-state index in [0.29, 0.717) is 45.1 Å². The number of methoxy groups -OCH3 is 3. The van der Waals surface area contributed by atoms with Crippen LogP contribution >= 0.6 is 11.8 Å². The number of amides is 1. The van der Waals surface area contributed by atoms with E-state index >= 15 is 0 Å². The monoisotopic (exact) mass is 562 g/mol. The zero-order valence-corrected chi connectivity index (χ0v) is 23.0. The second-order valence-corrected chi connectivity index (χ2v) is 9.16. The molecule has 0 bridgehead atoms. The Balaban J connectivity index is 1.59. The topological polar surface area (TPSA) is 143 Å². The fraction of sp³-hybridized carbons (Fsp3) is 0.185. The zero-order valence-electron chi connectivity index (χ0n) is 22.2. The van der Waals surface area contributed by atoms with Crippen molar-refractivity contribution in [3.8, 4) is 34.3 Å². The van der Waals surface area contributed by atoms with Crippen LogP contribution in [0.2, 0.25) is 0 Å². The van der Waals surface area contributed by atoms with Gasteiger partial charge in [-0.2, -0.15) is 5.10 Å². The van der Waals surface area contributed by atoms with Gasteiger partial charge in [0.2, 0.25) is 5.75 Å². The van der Waals surface area contributed by atoms with Gasteiger partial charge in [-0.05, 0) is 31.2 Å². The molecule has 4 aromatic rings. The Kier molecular flexibility index (Phi) is 8.96. The highest BCUT2D eigenvalue weighted by Crippen LogP contribution is 2.41. The summed E-state index contributed by atoms with van der Waals surface area (Å²) in [7, 11) is 4.60. The van der Waals surface area contributed by atoms with E-state index in [9.17, 15) is 14.9 Å². The summed E-state index contributed by atoms with van der Waals surface area (Å²) < 4.78 is 18.3. The number of carbonyl (C=O) groups excluding carboxylic acids is 1. The summed E-state index contributed by atoms with van der Waals surface area (Å²) in [5.41, 5.74) is 4.85. The third kappa shape index (κ3) is 6.21. The number of nitrogens with one attached hydrogen (secondary N) is 1. The van der Waals surface area contributed by atoms with Gasteiger partial charge in [0.1, 0.15) is 0 Å². The third-order valence-corrected chi connectivity index (χ3v) is 6.66. The molecule has 0 unspecified atom stereocenters. The van der Waals surface area contributed by atoms with Crippen molar-refractivity contribution in [1.82, 2.24) is 20.2 Å². The Morgan fingerprint density at radius 2 is 1.70 bits per heavy atom. The molecular formula is C27H26N6O6S. The molecule has 0 aliphatic heterocycles. The molecule has 1 amide bonds. The average molecular weight is 563 g/mol. The summed E-state index contributed by atoms with van der Waals surface area (Å²) in [6, 6.07) is 19.1. The summed E-state index contributed by atoms with van der Waals surface area (Å²) >= 11 is 1.18. The van der Waals surface area contributed by atoms with Crippen LogP contribution in [0.5, 0.6) is 17.2 Å². The number of hydrazone groups is 1. The number of nitro benzene ring substituents is 1. The largest absolute Gasteiger partial charge is 0.493 e. The van der Waals surface area contributed by atoms with Crippen molar-refractivity contribution in [3.63, 3.8) is 0 Å². The predicted molar refractivity (Wildman–Crippen MR) is 151 cm³/mol. The molecule has 1 heterocycles. The smallest absolute Gasteiger partial charge is 0.270 e. The number of aromatic nitrogens is 3. The number of nitro groups is 1. The number of para-hydroxylation sites is 1. The third-order valence-electron chi connectivity index (χ3n) is 5.73. The van der Waals surface area contributed by atoms with Gasteiger partial charge in [-0.25, -0.2) is 5.43 Å². The summed E-state index contributed by atoms with van der Waals surface area (Å²) in [6.45, 7) is 1.65. The Hall–Kier alpha value is -4.91. The van der Waals surface area contributed by atoms with Gasteiger partial charge in [-0.15, -0.1) is 10.2 Å². The molecule has 0 fully saturated rings. The SMILES string of the molecule is COc1cc(-c2nnc(SCC(=O)N/N=C(/C)c3cccc([N+](=O)[O-])c3)n2-c2ccccc2)cc(OC)c1OC. The molecule has 1 N–H and O–H groups in total. The minimum atomic E-state index is -0.485. The molecule has 13 heteroatoms. The first-order valence-corrected chi connectivity index (χ1v) is 12.9. The maximum atomic E-state index is 12.6. The maximum Gasteiger partial charge on any atom is 0.270 e. The number of non-ortho nitro benzene ring substituents is 1. The van der Waals surface area contributed by atoms with E-state index in [1.54, 1.807) is 31.2 Å². The van der Waals surface area contributed by atoms with Gasteiger partial charge in [0, 0.05) is 28.9 Å². The molecular weight excluding hydrogens is 536 g/mol. The fourth-order valence-electron chi connectivity index (χ4n) is 3.79. The van der Waals surface area contributed by atoms with Gasteiger partial charge in [0.25, 0.3) is 11.6 Å². The molecule has 206 valence electrons. The van der Waals surface area contributed by atoms with Crippen molar-refractivity contribution in [2.24, 2.45) is 5.10 Å². The van der Waals surface area contributed by atoms with Crippen LogP contribution in [0.25, 0.3) is 17.1 Å². The second-order valence-electron chi connectivity index (χ2n) is 8.22. The molecule has 0 aliphatic rings. The highest BCUT2D eigenvalue weighted by atomic mass is 32.2. The molecule has 3 aromatic carbocycles. The lowest BCUT2D eigenvalue weighted by atomic mass is 10.1. The number of hydrogen-bond acceptors (Lipinski definition) is 10. The molecule has 0 spiro atoms. The van der Waals surface area contributed by atoms with Crippen LogP contribution in [0, 0.1) is 10.1 Å². The number of ether oxygens (including phenoxy) is 3. The van der Waals surface area contributed by atoms with Crippen molar-refractivity contribution in [1.29, 1.82) is 0 Å². The van der Waals surface area contributed by atoms with Gasteiger partial charge in [-0.1, -0.05) is 42.1 Å². The Morgan fingerprint density at radius 3 is 2.33 bits per heavy atom. The summed E-state index contributed by atoms with van der Waals surface area (Å²) in [4.78, 5) is 23.2. The van der Waals surface area contributed by atoms with Crippen molar-refractivity contribution in [2.45, 2.75) is 12.1 Å². The van der Waals surface area contributed by atoms with Gasteiger partial charge >= 0.3 is 0 Å². The van der Waals surface area contributed by atoms with Gasteiger partial charge in [0.15, 0.2) is 22.5 Å². The number of carbonyl (C=O) groups is 1. The van der Waals surface area contributed by atoms with Gasteiger partial charge < -0.3 is 14.2 Å². The first-order chi connectivity index (χ1) is 19.4. The lowest BCUT2D eigenvalue weighted by Crippen LogP contribution is -2.21. The zero-order chi connectivity index (χ0) is 28.6. The number of nitrogens with zero attached hydrogens (tertiary/aromatic N) is 5. The number of rotatable bonds is 11. The highest BCUT2D eigenvalue weighted by Gasteiger charge is 2.21. The number of thioether (sulfide) groups is 1. The molecule has 0 saturated heterocycles. The standard InChI is InChI=1S/C27H26N6O6S/c1-17(18-9-8-12-21(13-18)33(35)36)28-29-24(34)16-40-27-31-30-26(32(27)20-10-6-5-7-11-20)19-14-22(37-2)25(39-4)23(15-19)38-3/h5-15H,16H2,1-4H3,(H,29,34)/b28-17-. The van der Waals surface area contributed by atoms with E-state index in [-0.39, 0.29) is 17.3 Å².